The second-order valence-corrected chi connectivity index (χ2v) is 13.3. The summed E-state index contributed by atoms with van der Waals surface area (Å²) in [7, 11) is 6.72. The average molecular weight is 772 g/mol. The third kappa shape index (κ3) is 9.02. The largest absolute Gasteiger partial charge is 1.00 e. The molecule has 0 atom stereocenters. The van der Waals surface area contributed by atoms with Crippen LogP contribution in [0.3, 0.4) is 0 Å². The van der Waals surface area contributed by atoms with Crippen molar-refractivity contribution in [2.45, 2.75) is 26.8 Å². The Morgan fingerprint density at radius 2 is 1.19 bits per heavy atom. The predicted molar refractivity (Wildman–Crippen MR) is 190 cm³/mol. The van der Waals surface area contributed by atoms with Crippen LogP contribution in [0.2, 0.25) is 0 Å². The van der Waals surface area contributed by atoms with Crippen LogP contribution in [-0.4, -0.2) is 40.9 Å². The normalized spacial score (nSPS) is 11.3. The summed E-state index contributed by atoms with van der Waals surface area (Å²) in [6.45, 7) is 6.43. The number of aromatic nitrogens is 3. The molecule has 6 aromatic rings. The molecule has 0 unspecified atom stereocenters. The first-order valence-electron chi connectivity index (χ1n) is 15.5. The number of fused-ring (bicyclic) bond motifs is 1. The zero-order valence-electron chi connectivity index (χ0n) is 27.6. The molecule has 4 aromatic carbocycles. The van der Waals surface area contributed by atoms with Crippen molar-refractivity contribution >= 4 is 52.0 Å². The van der Waals surface area contributed by atoms with Gasteiger partial charge < -0.3 is 43.3 Å². The molecular formula is C39H41Br2N5S. The van der Waals surface area contributed by atoms with E-state index >= 15 is 0 Å². The minimum atomic E-state index is 0. The maximum absolute atomic E-state index is 4.72. The molecule has 2 heterocycles. The van der Waals surface area contributed by atoms with Gasteiger partial charge in [0.15, 0.2) is 18.9 Å². The van der Waals surface area contributed by atoms with Crippen molar-refractivity contribution in [2.24, 2.45) is 0 Å². The number of hydrogen-bond donors (Lipinski definition) is 0. The summed E-state index contributed by atoms with van der Waals surface area (Å²) in [5.74, 6) is 0. The lowest BCUT2D eigenvalue weighted by atomic mass is 10.0. The van der Waals surface area contributed by atoms with Gasteiger partial charge in [-0.2, -0.15) is 8.75 Å². The highest BCUT2D eigenvalue weighted by Gasteiger charge is 2.15. The van der Waals surface area contributed by atoms with Crippen molar-refractivity contribution in [1.82, 2.24) is 8.75 Å². The zero-order valence-corrected chi connectivity index (χ0v) is 31.6. The molecule has 0 bridgehead atoms. The van der Waals surface area contributed by atoms with Crippen LogP contribution in [-0.2, 0) is 6.54 Å². The fourth-order valence-electron chi connectivity index (χ4n) is 5.52. The Bertz CT molecular complexity index is 1860. The van der Waals surface area contributed by atoms with Crippen LogP contribution >= 0.6 is 11.7 Å². The number of anilines is 3. The van der Waals surface area contributed by atoms with Crippen LogP contribution in [0, 0.1) is 13.8 Å². The van der Waals surface area contributed by atoms with Gasteiger partial charge in [-0.1, -0.05) is 71.8 Å². The molecule has 242 valence electrons. The van der Waals surface area contributed by atoms with Gasteiger partial charge in [-0.3, -0.25) is 0 Å². The minimum Gasteiger partial charge on any atom is -1.00 e. The second-order valence-electron chi connectivity index (χ2n) is 12.8. The van der Waals surface area contributed by atoms with E-state index in [2.05, 4.69) is 170 Å². The lowest BCUT2D eigenvalue weighted by Crippen LogP contribution is -3.00. The van der Waals surface area contributed by atoms with Gasteiger partial charge in [-0.25, -0.2) is 4.57 Å². The SMILES string of the molecule is Cc1ccc(N(c2ccc(C)cc2)c2ccc(-c3ccc(/C=C/c4cc[n+](CCC[N+](C)(C)C)cc4)c4nsnc34)cc2)cc1.[Br-].[Br-]. The summed E-state index contributed by atoms with van der Waals surface area (Å²) in [6.07, 6.45) is 9.80. The minimum absolute atomic E-state index is 0. The smallest absolute Gasteiger partial charge is 0.169 e. The Morgan fingerprint density at radius 3 is 1.74 bits per heavy atom. The molecule has 8 heteroatoms. The van der Waals surface area contributed by atoms with Crippen molar-refractivity contribution < 1.29 is 43.0 Å². The van der Waals surface area contributed by atoms with Crippen LogP contribution in [0.25, 0.3) is 34.3 Å². The van der Waals surface area contributed by atoms with E-state index < -0.39 is 0 Å². The molecule has 0 radical (unpaired) electrons. The first-order chi connectivity index (χ1) is 21.7. The molecule has 0 aliphatic rings. The van der Waals surface area contributed by atoms with Gasteiger partial charge in [0.05, 0.1) is 45.8 Å². The van der Waals surface area contributed by atoms with Crippen molar-refractivity contribution in [3.8, 4) is 11.1 Å². The summed E-state index contributed by atoms with van der Waals surface area (Å²) in [4.78, 5) is 2.30. The quantitative estimate of drug-likeness (QED) is 0.159. The van der Waals surface area contributed by atoms with E-state index in [1.54, 1.807) is 0 Å². The van der Waals surface area contributed by atoms with E-state index in [4.69, 9.17) is 4.37 Å². The van der Waals surface area contributed by atoms with Gasteiger partial charge in [0.1, 0.15) is 11.0 Å². The number of rotatable bonds is 10. The molecule has 0 spiro atoms. The molecule has 5 nitrogen and oxygen atoms in total. The number of aryl methyl sites for hydroxylation is 3. The van der Waals surface area contributed by atoms with Gasteiger partial charge >= 0.3 is 0 Å². The Morgan fingerprint density at radius 1 is 0.660 bits per heavy atom. The molecule has 2 aromatic heterocycles. The number of benzene rings is 4. The topological polar surface area (TPSA) is 32.9 Å². The summed E-state index contributed by atoms with van der Waals surface area (Å²) < 4.78 is 12.7. The van der Waals surface area contributed by atoms with E-state index in [9.17, 15) is 0 Å². The zero-order chi connectivity index (χ0) is 31.4. The first kappa shape index (κ1) is 36.2. The van der Waals surface area contributed by atoms with Crippen molar-refractivity contribution in [1.29, 1.82) is 0 Å². The number of halogens is 2. The third-order valence-corrected chi connectivity index (χ3v) is 8.61. The number of hydrogen-bond acceptors (Lipinski definition) is 4. The highest BCUT2D eigenvalue weighted by molar-refractivity contribution is 7.00. The van der Waals surface area contributed by atoms with Gasteiger partial charge in [0.2, 0.25) is 0 Å². The molecule has 0 aliphatic carbocycles. The maximum Gasteiger partial charge on any atom is 0.169 e. The fourth-order valence-corrected chi connectivity index (χ4v) is 6.10. The second kappa shape index (κ2) is 15.9. The first-order valence-corrected chi connectivity index (χ1v) is 16.2. The highest BCUT2D eigenvalue weighted by atomic mass is 79.9. The number of nitrogens with zero attached hydrogens (tertiary/aromatic N) is 5. The van der Waals surface area contributed by atoms with Crippen LogP contribution in [0.5, 0.6) is 0 Å². The molecule has 0 N–H and O–H groups in total. The maximum atomic E-state index is 4.72. The van der Waals surface area contributed by atoms with Gasteiger partial charge in [-0.15, -0.1) is 0 Å². The van der Waals surface area contributed by atoms with E-state index in [-0.39, 0.29) is 34.0 Å². The molecule has 47 heavy (non-hydrogen) atoms. The van der Waals surface area contributed by atoms with E-state index in [0.717, 1.165) is 68.8 Å². The lowest BCUT2D eigenvalue weighted by Gasteiger charge is -2.26. The molecule has 6 rings (SSSR count). The summed E-state index contributed by atoms with van der Waals surface area (Å²) in [5, 5.41) is 0. The Balaban J connectivity index is 0.00000250. The molecular weight excluding hydrogens is 730 g/mol. The Hall–Kier alpha value is -3.69. The third-order valence-electron chi connectivity index (χ3n) is 8.09. The van der Waals surface area contributed by atoms with Gasteiger partial charge in [0.25, 0.3) is 0 Å². The van der Waals surface area contributed by atoms with Crippen molar-refractivity contribution in [2.75, 3.05) is 32.6 Å². The lowest BCUT2D eigenvalue weighted by molar-refractivity contribution is -0.873. The highest BCUT2D eigenvalue weighted by Crippen LogP contribution is 2.37. The molecule has 0 amide bonds. The van der Waals surface area contributed by atoms with E-state index in [1.165, 1.54) is 28.4 Å². The summed E-state index contributed by atoms with van der Waals surface area (Å²) in [5.41, 5.74) is 12.2. The van der Waals surface area contributed by atoms with E-state index in [0.29, 0.717) is 0 Å². The summed E-state index contributed by atoms with van der Waals surface area (Å²) in [6, 6.07) is 34.8. The predicted octanol–water partition coefficient (Wildman–Crippen LogP) is 3.01. The Kier molecular flexibility index (Phi) is 12.3. The molecule has 0 fully saturated rings. The van der Waals surface area contributed by atoms with Crippen LogP contribution < -0.4 is 43.4 Å². The van der Waals surface area contributed by atoms with Crippen molar-refractivity contribution in [3.63, 3.8) is 0 Å². The monoisotopic (exact) mass is 769 g/mol. The number of quaternary nitrogens is 1. The summed E-state index contributed by atoms with van der Waals surface area (Å²) >= 11 is 1.27. The van der Waals surface area contributed by atoms with Crippen LogP contribution in [0.1, 0.15) is 28.7 Å². The Labute approximate surface area is 304 Å². The van der Waals surface area contributed by atoms with E-state index in [1.807, 2.05) is 0 Å². The van der Waals surface area contributed by atoms with Gasteiger partial charge in [-0.05, 0) is 61.4 Å². The van der Waals surface area contributed by atoms with Crippen LogP contribution in [0.15, 0.2) is 109 Å². The molecule has 0 aliphatic heterocycles. The van der Waals surface area contributed by atoms with Crippen LogP contribution in [0.4, 0.5) is 17.1 Å². The number of pyridine rings is 1. The van der Waals surface area contributed by atoms with Crippen molar-refractivity contribution in [3.05, 3.63) is 132 Å². The van der Waals surface area contributed by atoms with Gasteiger partial charge in [0, 0.05) is 40.3 Å². The standard InChI is InChI=1S/C39H41N5S.2BrH/c1-29-7-16-34(17-8-29)43(35-18-9-30(2)10-19-35)36-20-13-32(14-21-36)37-22-15-33(38-39(37)41-45-40-38)12-11-31-23-26-42(27-24-31)25-6-28-44(3,4)5;;/h7-24,26-27H,6,25,28H2,1-5H3;2*1H/q+2;;/p-2. The molecule has 0 saturated carbocycles. The average Bonchev–Trinajstić information content (AvgIpc) is 3.53. The fraction of sp³-hybridized carbons (Fsp3) is 0.205. The molecule has 0 saturated heterocycles.